The lowest BCUT2D eigenvalue weighted by Crippen LogP contribution is -2.55. The number of unbranched alkanes of at least 4 members (excludes halogenated alkanes) is 13. The number of aliphatic hydroxyl groups excluding tert-OH is 4. The first-order chi connectivity index (χ1) is 19.6. The monoisotopic (exact) mass is 578 g/mol. The van der Waals surface area contributed by atoms with Crippen LogP contribution in [0.15, 0.2) is 0 Å². The highest BCUT2D eigenvalue weighted by Gasteiger charge is 2.47. The standard InChI is InChI=1S/C34H58O7/c1-5-6-7-8-9-10-11-12-13-14-15-16-17-18-20-34(4)21-19-25-27(28(36)23(2)24(3)32(25)41-34)33-31(39)30(38)29(37)26(22-35)40-33/h26,29-31,33,35-39H,5-22H2,1-4H3/t26-,29-,30+,31-,33+,34?/m1/s1. The van der Waals surface area contributed by atoms with E-state index in [4.69, 9.17) is 9.47 Å². The van der Waals surface area contributed by atoms with E-state index >= 15 is 0 Å². The largest absolute Gasteiger partial charge is 0.507 e. The molecule has 2 aliphatic rings. The second kappa shape index (κ2) is 16.5. The third kappa shape index (κ3) is 8.82. The second-order valence-corrected chi connectivity index (χ2v) is 13.0. The first kappa shape index (κ1) is 34.1. The maximum Gasteiger partial charge on any atom is 0.127 e. The average molecular weight is 579 g/mol. The van der Waals surface area contributed by atoms with E-state index in [2.05, 4.69) is 13.8 Å². The minimum Gasteiger partial charge on any atom is -0.507 e. The van der Waals surface area contributed by atoms with E-state index in [0.717, 1.165) is 30.4 Å². The summed E-state index contributed by atoms with van der Waals surface area (Å²) < 4.78 is 12.5. The molecule has 3 rings (SSSR count). The summed E-state index contributed by atoms with van der Waals surface area (Å²) in [4.78, 5) is 0. The van der Waals surface area contributed by atoms with Crippen molar-refractivity contribution >= 4 is 0 Å². The van der Waals surface area contributed by atoms with Crippen molar-refractivity contribution in [3.8, 4) is 11.5 Å². The zero-order chi connectivity index (χ0) is 30.0. The van der Waals surface area contributed by atoms with Gasteiger partial charge in [-0.3, -0.25) is 0 Å². The van der Waals surface area contributed by atoms with Crippen LogP contribution in [0.5, 0.6) is 11.5 Å². The molecule has 1 saturated heterocycles. The molecule has 7 heteroatoms. The SMILES string of the molecule is CCCCCCCCCCCCCCCCC1(C)CCc2c(c(C)c(C)c(O)c2[C@@H]2O[C@H](CO)[C@@H](O)[C@H](O)[C@H]2O)O1. The number of benzene rings is 1. The van der Waals surface area contributed by atoms with Gasteiger partial charge in [-0.1, -0.05) is 90.4 Å². The third-order valence-corrected chi connectivity index (χ3v) is 9.60. The number of rotatable bonds is 17. The maximum atomic E-state index is 11.1. The topological polar surface area (TPSA) is 120 Å². The minimum atomic E-state index is -1.50. The molecule has 0 amide bonds. The van der Waals surface area contributed by atoms with E-state index in [9.17, 15) is 25.5 Å². The fourth-order valence-electron chi connectivity index (χ4n) is 6.63. The van der Waals surface area contributed by atoms with Crippen molar-refractivity contribution < 1.29 is 35.0 Å². The number of phenolic OH excluding ortho intramolecular Hbond substituents is 1. The first-order valence-electron chi connectivity index (χ1n) is 16.5. The number of hydrogen-bond acceptors (Lipinski definition) is 7. The Kier molecular flexibility index (Phi) is 13.7. The van der Waals surface area contributed by atoms with Crippen LogP contribution < -0.4 is 4.74 Å². The van der Waals surface area contributed by atoms with Crippen molar-refractivity contribution in [2.24, 2.45) is 0 Å². The molecule has 0 radical (unpaired) electrons. The lowest BCUT2D eigenvalue weighted by atomic mass is 9.81. The summed E-state index contributed by atoms with van der Waals surface area (Å²) >= 11 is 0. The molecule has 0 bridgehead atoms. The van der Waals surface area contributed by atoms with Gasteiger partial charge in [-0.05, 0) is 57.6 Å². The van der Waals surface area contributed by atoms with Gasteiger partial charge in [0.2, 0.25) is 0 Å². The van der Waals surface area contributed by atoms with Crippen molar-refractivity contribution in [1.82, 2.24) is 0 Å². The molecular formula is C34H58O7. The molecule has 6 atom stereocenters. The van der Waals surface area contributed by atoms with Crippen LogP contribution in [-0.4, -0.2) is 62.2 Å². The van der Waals surface area contributed by atoms with Crippen molar-refractivity contribution in [2.45, 2.75) is 173 Å². The third-order valence-electron chi connectivity index (χ3n) is 9.60. The lowest BCUT2D eigenvalue weighted by Gasteiger charge is -2.43. The smallest absolute Gasteiger partial charge is 0.127 e. The average Bonchev–Trinajstić information content (AvgIpc) is 2.96. The summed E-state index contributed by atoms with van der Waals surface area (Å²) in [6, 6.07) is 0. The summed E-state index contributed by atoms with van der Waals surface area (Å²) in [5, 5.41) is 52.2. The predicted molar refractivity (Wildman–Crippen MR) is 163 cm³/mol. The van der Waals surface area contributed by atoms with Crippen LogP contribution in [0.25, 0.3) is 0 Å². The minimum absolute atomic E-state index is 0.00440. The molecule has 1 fully saturated rings. The summed E-state index contributed by atoms with van der Waals surface area (Å²) in [7, 11) is 0. The number of aliphatic hydroxyl groups is 4. The van der Waals surface area contributed by atoms with Crippen molar-refractivity contribution in [1.29, 1.82) is 0 Å². The van der Waals surface area contributed by atoms with Gasteiger partial charge in [0, 0.05) is 11.1 Å². The molecule has 5 N–H and O–H groups in total. The van der Waals surface area contributed by atoms with Gasteiger partial charge in [-0.25, -0.2) is 0 Å². The highest BCUT2D eigenvalue weighted by Crippen LogP contribution is 2.49. The van der Waals surface area contributed by atoms with Gasteiger partial charge >= 0.3 is 0 Å². The maximum absolute atomic E-state index is 11.1. The molecule has 2 aliphatic heterocycles. The number of ether oxygens (including phenoxy) is 2. The van der Waals surface area contributed by atoms with E-state index < -0.39 is 37.1 Å². The molecule has 1 aromatic carbocycles. The Hall–Kier alpha value is -1.38. The lowest BCUT2D eigenvalue weighted by molar-refractivity contribution is -0.232. The van der Waals surface area contributed by atoms with Crippen LogP contribution in [-0.2, 0) is 11.2 Å². The van der Waals surface area contributed by atoms with Gasteiger partial charge in [0.25, 0.3) is 0 Å². The molecule has 0 saturated carbocycles. The molecule has 41 heavy (non-hydrogen) atoms. The van der Waals surface area contributed by atoms with Crippen LogP contribution in [0.3, 0.4) is 0 Å². The molecule has 236 valence electrons. The van der Waals surface area contributed by atoms with E-state index in [1.165, 1.54) is 83.5 Å². The van der Waals surface area contributed by atoms with Gasteiger partial charge in [0.15, 0.2) is 0 Å². The molecule has 0 spiro atoms. The Morgan fingerprint density at radius 1 is 0.756 bits per heavy atom. The Morgan fingerprint density at radius 3 is 1.83 bits per heavy atom. The van der Waals surface area contributed by atoms with Crippen molar-refractivity contribution in [2.75, 3.05) is 6.61 Å². The normalized spacial score (nSPS) is 28.0. The van der Waals surface area contributed by atoms with Crippen LogP contribution >= 0.6 is 0 Å². The summed E-state index contributed by atoms with van der Waals surface area (Å²) in [5.41, 5.74) is 2.34. The van der Waals surface area contributed by atoms with E-state index in [-0.39, 0.29) is 11.4 Å². The summed E-state index contributed by atoms with van der Waals surface area (Å²) in [5.74, 6) is 0.719. The first-order valence-corrected chi connectivity index (χ1v) is 16.5. The number of phenols is 1. The Bertz CT molecular complexity index is 932. The van der Waals surface area contributed by atoms with E-state index in [1.54, 1.807) is 6.92 Å². The predicted octanol–water partition coefficient (Wildman–Crippen LogP) is 6.48. The zero-order valence-electron chi connectivity index (χ0n) is 26.2. The number of hydrogen-bond donors (Lipinski definition) is 5. The second-order valence-electron chi connectivity index (χ2n) is 13.0. The van der Waals surface area contributed by atoms with E-state index in [1.807, 2.05) is 6.92 Å². The molecule has 0 aliphatic carbocycles. The molecule has 0 aromatic heterocycles. The van der Waals surface area contributed by atoms with Crippen LogP contribution in [0.2, 0.25) is 0 Å². The van der Waals surface area contributed by atoms with Crippen molar-refractivity contribution in [3.05, 3.63) is 22.3 Å². The van der Waals surface area contributed by atoms with Gasteiger partial charge in [0.05, 0.1) is 6.61 Å². The van der Waals surface area contributed by atoms with Gasteiger partial charge in [0.1, 0.15) is 47.6 Å². The van der Waals surface area contributed by atoms with Crippen LogP contribution in [0.1, 0.15) is 145 Å². The quantitative estimate of drug-likeness (QED) is 0.134. The van der Waals surface area contributed by atoms with Gasteiger partial charge in [-0.15, -0.1) is 0 Å². The van der Waals surface area contributed by atoms with E-state index in [0.29, 0.717) is 23.3 Å². The van der Waals surface area contributed by atoms with Gasteiger partial charge < -0.3 is 35.0 Å². The van der Waals surface area contributed by atoms with Crippen molar-refractivity contribution in [3.63, 3.8) is 0 Å². The summed E-state index contributed by atoms with van der Waals surface area (Å²) in [6.45, 7) is 7.66. The molecule has 1 aromatic rings. The zero-order valence-corrected chi connectivity index (χ0v) is 26.2. The summed E-state index contributed by atoms with van der Waals surface area (Å²) in [6.07, 6.45) is 14.5. The Labute approximate surface area is 248 Å². The highest BCUT2D eigenvalue weighted by molar-refractivity contribution is 5.60. The highest BCUT2D eigenvalue weighted by atomic mass is 16.5. The molecule has 7 nitrogen and oxygen atoms in total. The fraction of sp³-hybridized carbons (Fsp3) is 0.824. The van der Waals surface area contributed by atoms with Crippen LogP contribution in [0.4, 0.5) is 0 Å². The number of fused-ring (bicyclic) bond motifs is 1. The van der Waals surface area contributed by atoms with Crippen LogP contribution in [0, 0.1) is 13.8 Å². The molecule has 2 heterocycles. The molecular weight excluding hydrogens is 520 g/mol. The fourth-order valence-corrected chi connectivity index (χ4v) is 6.63. The Balaban J connectivity index is 1.49. The Morgan fingerprint density at radius 2 is 1.29 bits per heavy atom. The molecule has 1 unspecified atom stereocenters. The number of aromatic hydroxyl groups is 1. The van der Waals surface area contributed by atoms with Gasteiger partial charge in [-0.2, -0.15) is 0 Å².